The van der Waals surface area contributed by atoms with Crippen molar-refractivity contribution in [2.24, 2.45) is 0 Å². The minimum Gasteiger partial charge on any atom is -0.478 e. The van der Waals surface area contributed by atoms with Crippen LogP contribution >= 0.6 is 0 Å². The molecule has 0 aliphatic carbocycles. The highest BCUT2D eigenvalue weighted by Gasteiger charge is 2.18. The van der Waals surface area contributed by atoms with Gasteiger partial charge in [0.2, 0.25) is 5.88 Å². The normalized spacial score (nSPS) is 14.2. The second-order valence-electron chi connectivity index (χ2n) is 4.08. The number of rotatable bonds is 6. The van der Waals surface area contributed by atoms with Gasteiger partial charge in [-0.05, 0) is 20.8 Å². The predicted molar refractivity (Wildman–Crippen MR) is 64.1 cm³/mol. The Bertz CT molecular complexity index is 369. The summed E-state index contributed by atoms with van der Waals surface area (Å²) in [6.07, 6.45) is 0. The van der Waals surface area contributed by atoms with Gasteiger partial charge in [0.1, 0.15) is 17.2 Å². The topological polar surface area (TPSA) is 87.5 Å². The highest BCUT2D eigenvalue weighted by molar-refractivity contribution is 5.38. The maximum absolute atomic E-state index is 9.64. The molecule has 0 spiro atoms. The molecule has 0 aromatic carbocycles. The quantitative estimate of drug-likeness (QED) is 0.665. The van der Waals surface area contributed by atoms with E-state index in [4.69, 9.17) is 9.84 Å². The molecule has 1 rings (SSSR count). The van der Waals surface area contributed by atoms with Crippen LogP contribution in [0.15, 0.2) is 6.07 Å². The Morgan fingerprint density at radius 1 is 1.47 bits per heavy atom. The molecule has 0 aliphatic heterocycles. The zero-order valence-electron chi connectivity index (χ0n) is 10.4. The van der Waals surface area contributed by atoms with Crippen LogP contribution in [0.1, 0.15) is 19.7 Å². The summed E-state index contributed by atoms with van der Waals surface area (Å²) in [6.45, 7) is 5.59. The maximum Gasteiger partial charge on any atom is 0.218 e. The van der Waals surface area contributed by atoms with E-state index in [1.807, 2.05) is 6.92 Å². The largest absolute Gasteiger partial charge is 0.478 e. The molecule has 0 bridgehead atoms. The number of aliphatic hydroxyl groups is 2. The number of anilines is 1. The summed E-state index contributed by atoms with van der Waals surface area (Å²) in [5.41, 5.74) is -1.18. The Morgan fingerprint density at radius 2 is 2.18 bits per heavy atom. The molecule has 1 aromatic rings. The van der Waals surface area contributed by atoms with Gasteiger partial charge in [-0.3, -0.25) is 0 Å². The van der Waals surface area contributed by atoms with Gasteiger partial charge < -0.3 is 20.3 Å². The summed E-state index contributed by atoms with van der Waals surface area (Å²) in [6, 6.07) is 1.66. The summed E-state index contributed by atoms with van der Waals surface area (Å²) >= 11 is 0. The molecule has 0 radical (unpaired) electrons. The number of nitrogens with zero attached hydrogens (tertiary/aromatic N) is 2. The van der Waals surface area contributed by atoms with Crippen molar-refractivity contribution >= 4 is 5.82 Å². The number of nitrogens with one attached hydrogen (secondary N) is 1. The molecule has 1 aromatic heterocycles. The highest BCUT2D eigenvalue weighted by Crippen LogP contribution is 2.14. The SMILES string of the molecule is CCOc1cc(NCC(C)(O)CO)nc(C)n1. The first-order valence-electron chi connectivity index (χ1n) is 5.52. The van der Waals surface area contributed by atoms with E-state index in [2.05, 4.69) is 15.3 Å². The van der Waals surface area contributed by atoms with Crippen LogP contribution in [0, 0.1) is 6.92 Å². The van der Waals surface area contributed by atoms with Gasteiger partial charge in [0, 0.05) is 12.6 Å². The lowest BCUT2D eigenvalue weighted by Crippen LogP contribution is -2.37. The van der Waals surface area contributed by atoms with Gasteiger partial charge in [-0.1, -0.05) is 0 Å². The summed E-state index contributed by atoms with van der Waals surface area (Å²) in [5.74, 6) is 1.64. The smallest absolute Gasteiger partial charge is 0.218 e. The zero-order valence-corrected chi connectivity index (χ0v) is 10.4. The van der Waals surface area contributed by atoms with Gasteiger partial charge >= 0.3 is 0 Å². The van der Waals surface area contributed by atoms with Crippen LogP contribution in [-0.4, -0.2) is 45.5 Å². The number of hydrogen-bond donors (Lipinski definition) is 3. The molecule has 0 saturated heterocycles. The first-order valence-corrected chi connectivity index (χ1v) is 5.52. The van der Waals surface area contributed by atoms with Gasteiger partial charge in [0.05, 0.1) is 13.2 Å². The summed E-state index contributed by atoms with van der Waals surface area (Å²) in [7, 11) is 0. The van der Waals surface area contributed by atoms with Crippen LogP contribution < -0.4 is 10.1 Å². The lowest BCUT2D eigenvalue weighted by atomic mass is 10.1. The Hall–Kier alpha value is -1.40. The molecule has 0 amide bonds. The molecule has 6 heteroatoms. The molecule has 17 heavy (non-hydrogen) atoms. The molecule has 1 atom stereocenters. The van der Waals surface area contributed by atoms with E-state index in [0.29, 0.717) is 24.1 Å². The van der Waals surface area contributed by atoms with Crippen molar-refractivity contribution in [3.8, 4) is 5.88 Å². The van der Waals surface area contributed by atoms with Crippen molar-refractivity contribution in [1.29, 1.82) is 0 Å². The third-order valence-electron chi connectivity index (χ3n) is 2.10. The third-order valence-corrected chi connectivity index (χ3v) is 2.10. The number of aryl methyl sites for hydroxylation is 1. The summed E-state index contributed by atoms with van der Waals surface area (Å²) in [4.78, 5) is 8.26. The van der Waals surface area contributed by atoms with Crippen LogP contribution in [0.2, 0.25) is 0 Å². The molecule has 6 nitrogen and oxygen atoms in total. The lowest BCUT2D eigenvalue weighted by Gasteiger charge is -2.21. The summed E-state index contributed by atoms with van der Waals surface area (Å²) < 4.78 is 5.28. The minimum atomic E-state index is -1.18. The third kappa shape index (κ3) is 4.54. The van der Waals surface area contributed by atoms with Crippen molar-refractivity contribution in [3.05, 3.63) is 11.9 Å². The lowest BCUT2D eigenvalue weighted by molar-refractivity contribution is 0.0131. The van der Waals surface area contributed by atoms with Crippen molar-refractivity contribution < 1.29 is 14.9 Å². The van der Waals surface area contributed by atoms with Crippen LogP contribution in [0.25, 0.3) is 0 Å². The molecule has 1 heterocycles. The van der Waals surface area contributed by atoms with E-state index in [-0.39, 0.29) is 13.2 Å². The second kappa shape index (κ2) is 5.79. The Balaban J connectivity index is 2.70. The molecule has 0 fully saturated rings. The van der Waals surface area contributed by atoms with Gasteiger partial charge in [0.25, 0.3) is 0 Å². The van der Waals surface area contributed by atoms with Crippen LogP contribution in [-0.2, 0) is 0 Å². The number of aliphatic hydroxyl groups excluding tert-OH is 1. The molecule has 3 N–H and O–H groups in total. The van der Waals surface area contributed by atoms with Crippen molar-refractivity contribution in [1.82, 2.24) is 9.97 Å². The van der Waals surface area contributed by atoms with Gasteiger partial charge in [0.15, 0.2) is 0 Å². The minimum absolute atomic E-state index is 0.200. The van der Waals surface area contributed by atoms with Crippen LogP contribution in [0.3, 0.4) is 0 Å². The van der Waals surface area contributed by atoms with Crippen LogP contribution in [0.5, 0.6) is 5.88 Å². The van der Waals surface area contributed by atoms with E-state index >= 15 is 0 Å². The fourth-order valence-corrected chi connectivity index (χ4v) is 1.19. The fraction of sp³-hybridized carbons (Fsp3) is 0.636. The van der Waals surface area contributed by atoms with E-state index in [1.165, 1.54) is 6.92 Å². The average molecular weight is 241 g/mol. The number of hydrogen-bond acceptors (Lipinski definition) is 6. The maximum atomic E-state index is 9.64. The zero-order chi connectivity index (χ0) is 12.9. The highest BCUT2D eigenvalue weighted by atomic mass is 16.5. The van der Waals surface area contributed by atoms with Crippen molar-refractivity contribution in [3.63, 3.8) is 0 Å². The molecular formula is C11H19N3O3. The Kier molecular flexibility index (Phi) is 4.65. The predicted octanol–water partition coefficient (Wildman–Crippen LogP) is 0.339. The second-order valence-corrected chi connectivity index (χ2v) is 4.08. The monoisotopic (exact) mass is 241 g/mol. The van der Waals surface area contributed by atoms with Crippen molar-refractivity contribution in [2.75, 3.05) is 25.1 Å². The van der Waals surface area contributed by atoms with E-state index in [0.717, 1.165) is 0 Å². The average Bonchev–Trinajstić information content (AvgIpc) is 2.26. The first-order chi connectivity index (χ1) is 7.96. The van der Waals surface area contributed by atoms with E-state index < -0.39 is 5.60 Å². The van der Waals surface area contributed by atoms with E-state index in [1.54, 1.807) is 13.0 Å². The standard InChI is InChI=1S/C11H19N3O3/c1-4-17-10-5-9(13-8(2)14-10)12-6-11(3,16)7-15/h5,15-16H,4,6-7H2,1-3H3,(H,12,13,14). The molecule has 0 saturated carbocycles. The fourth-order valence-electron chi connectivity index (χ4n) is 1.19. The Labute approximate surface area is 101 Å². The molecule has 96 valence electrons. The Morgan fingerprint density at radius 3 is 2.76 bits per heavy atom. The molecule has 0 aliphatic rings. The van der Waals surface area contributed by atoms with Gasteiger partial charge in [-0.2, -0.15) is 4.98 Å². The summed E-state index contributed by atoms with van der Waals surface area (Å²) in [5, 5.41) is 21.5. The van der Waals surface area contributed by atoms with Gasteiger partial charge in [-0.25, -0.2) is 4.98 Å². The molecular weight excluding hydrogens is 222 g/mol. The van der Waals surface area contributed by atoms with Gasteiger partial charge in [-0.15, -0.1) is 0 Å². The van der Waals surface area contributed by atoms with Crippen LogP contribution in [0.4, 0.5) is 5.82 Å². The van der Waals surface area contributed by atoms with E-state index in [9.17, 15) is 5.11 Å². The molecule has 1 unspecified atom stereocenters. The number of ether oxygens (including phenoxy) is 1. The first kappa shape index (κ1) is 13.7. The van der Waals surface area contributed by atoms with Crippen molar-refractivity contribution in [2.45, 2.75) is 26.4 Å². The number of aromatic nitrogens is 2.